The highest BCUT2D eigenvalue weighted by Gasteiger charge is 2.34. The van der Waals surface area contributed by atoms with Crippen molar-refractivity contribution in [3.05, 3.63) is 22.3 Å². The van der Waals surface area contributed by atoms with Gasteiger partial charge in [0.1, 0.15) is 5.15 Å². The van der Waals surface area contributed by atoms with Crippen LogP contribution in [-0.4, -0.2) is 11.3 Å². The van der Waals surface area contributed by atoms with Crippen molar-refractivity contribution in [2.75, 3.05) is 0 Å². The van der Waals surface area contributed by atoms with Gasteiger partial charge in [0.25, 0.3) is 6.43 Å². The van der Waals surface area contributed by atoms with E-state index in [0.29, 0.717) is 6.07 Å². The fraction of sp³-hybridized carbons (Fsp3) is 0.333. The Morgan fingerprint density at radius 2 is 2.06 bits per heavy atom. The molecule has 0 spiro atoms. The zero-order valence-electron chi connectivity index (χ0n) is 8.43. The number of aromatic nitrogens is 1. The maximum atomic E-state index is 12.5. The predicted octanol–water partition coefficient (Wildman–Crippen LogP) is 3.64. The van der Waals surface area contributed by atoms with E-state index in [1.807, 2.05) is 0 Å². The molecule has 1 aromatic heterocycles. The number of pyridine rings is 1. The summed E-state index contributed by atoms with van der Waals surface area (Å²) in [7, 11) is 0. The Hall–Kier alpha value is -1.62. The second-order valence-electron chi connectivity index (χ2n) is 3.02. The van der Waals surface area contributed by atoms with E-state index < -0.39 is 29.4 Å². The smallest absolute Gasteiger partial charge is 0.387 e. The molecule has 0 fully saturated rings. The van der Waals surface area contributed by atoms with Gasteiger partial charge in [-0.1, -0.05) is 11.6 Å². The highest BCUT2D eigenvalue weighted by Crippen LogP contribution is 2.34. The first-order chi connectivity index (χ1) is 8.24. The molecule has 0 aliphatic rings. The number of nitrogens with zero attached hydrogens (tertiary/aromatic N) is 2. The van der Waals surface area contributed by atoms with Gasteiger partial charge in [0, 0.05) is 5.56 Å². The number of alkyl halides is 5. The van der Waals surface area contributed by atoms with Gasteiger partial charge in [-0.05, 0) is 6.07 Å². The summed E-state index contributed by atoms with van der Waals surface area (Å²) in [5.41, 5.74) is -1.16. The third-order valence-electron chi connectivity index (χ3n) is 1.76. The Balaban J connectivity index is 3.25. The molecule has 1 rings (SSSR count). The van der Waals surface area contributed by atoms with Crippen LogP contribution in [0.1, 0.15) is 17.6 Å². The summed E-state index contributed by atoms with van der Waals surface area (Å²) in [5.74, 6) is -1.32. The Labute approximate surface area is 103 Å². The van der Waals surface area contributed by atoms with E-state index >= 15 is 0 Å². The first-order valence-corrected chi connectivity index (χ1v) is 4.72. The van der Waals surface area contributed by atoms with E-state index in [1.165, 1.54) is 0 Å². The third kappa shape index (κ3) is 3.70. The molecule has 0 unspecified atom stereocenters. The van der Waals surface area contributed by atoms with Crippen molar-refractivity contribution in [1.29, 1.82) is 5.26 Å². The highest BCUT2D eigenvalue weighted by molar-refractivity contribution is 6.30. The van der Waals surface area contributed by atoms with Crippen LogP contribution >= 0.6 is 11.6 Å². The van der Waals surface area contributed by atoms with E-state index in [1.54, 1.807) is 6.07 Å². The van der Waals surface area contributed by atoms with Gasteiger partial charge in [0.15, 0.2) is 0 Å². The summed E-state index contributed by atoms with van der Waals surface area (Å²) in [4.78, 5) is 3.09. The van der Waals surface area contributed by atoms with E-state index in [0.717, 1.165) is 0 Å². The standard InChI is InChI=1S/C9H4ClF5N2O/c10-6-4(1-2-16)3-5(7(11)12)8(17-6)18-9(13,14)15/h3,7H,1H2. The Morgan fingerprint density at radius 1 is 1.44 bits per heavy atom. The lowest BCUT2D eigenvalue weighted by Crippen LogP contribution is -2.19. The molecular formula is C9H4ClF5N2O. The molecule has 0 bridgehead atoms. The van der Waals surface area contributed by atoms with Crippen LogP contribution in [-0.2, 0) is 6.42 Å². The fourth-order valence-corrected chi connectivity index (χ4v) is 1.29. The van der Waals surface area contributed by atoms with Crippen LogP contribution in [0.2, 0.25) is 5.15 Å². The number of ether oxygens (including phenoxy) is 1. The molecule has 1 heterocycles. The van der Waals surface area contributed by atoms with Gasteiger partial charge in [-0.2, -0.15) is 5.26 Å². The van der Waals surface area contributed by atoms with Gasteiger partial charge >= 0.3 is 6.36 Å². The summed E-state index contributed by atoms with van der Waals surface area (Å²) in [6.45, 7) is 0. The van der Waals surface area contributed by atoms with E-state index in [4.69, 9.17) is 16.9 Å². The second kappa shape index (κ2) is 5.35. The minimum absolute atomic E-state index is 0.0935. The minimum atomic E-state index is -5.16. The van der Waals surface area contributed by atoms with Gasteiger partial charge in [0.2, 0.25) is 5.88 Å². The maximum absolute atomic E-state index is 12.5. The zero-order valence-corrected chi connectivity index (χ0v) is 9.19. The van der Waals surface area contributed by atoms with Gasteiger partial charge < -0.3 is 4.74 Å². The molecule has 0 saturated heterocycles. The molecule has 3 nitrogen and oxygen atoms in total. The van der Waals surface area contributed by atoms with Crippen LogP contribution in [0.3, 0.4) is 0 Å². The SMILES string of the molecule is N#CCc1cc(C(F)F)c(OC(F)(F)F)nc1Cl. The topological polar surface area (TPSA) is 45.9 Å². The van der Waals surface area contributed by atoms with Crippen LogP contribution in [0, 0.1) is 11.3 Å². The Morgan fingerprint density at radius 3 is 2.50 bits per heavy atom. The number of nitriles is 1. The molecule has 98 valence electrons. The van der Waals surface area contributed by atoms with Crippen LogP contribution in [0.25, 0.3) is 0 Å². The monoisotopic (exact) mass is 286 g/mol. The summed E-state index contributed by atoms with van der Waals surface area (Å²) in [6.07, 6.45) is -8.74. The Bertz CT molecular complexity index is 483. The molecular weight excluding hydrogens is 283 g/mol. The van der Waals surface area contributed by atoms with Crippen molar-refractivity contribution in [2.24, 2.45) is 0 Å². The normalized spacial score (nSPS) is 11.4. The largest absolute Gasteiger partial charge is 0.574 e. The first-order valence-electron chi connectivity index (χ1n) is 4.34. The quantitative estimate of drug-likeness (QED) is 0.629. The summed E-state index contributed by atoms with van der Waals surface area (Å²) in [6, 6.07) is 2.30. The third-order valence-corrected chi connectivity index (χ3v) is 2.09. The van der Waals surface area contributed by atoms with Crippen molar-refractivity contribution in [2.45, 2.75) is 19.2 Å². The molecule has 0 radical (unpaired) electrons. The van der Waals surface area contributed by atoms with Crippen molar-refractivity contribution >= 4 is 11.6 Å². The molecule has 9 heteroatoms. The summed E-state index contributed by atoms with van der Waals surface area (Å²) >= 11 is 5.46. The molecule has 0 saturated carbocycles. The number of halogens is 6. The van der Waals surface area contributed by atoms with Crippen molar-refractivity contribution < 1.29 is 26.7 Å². The number of hydrogen-bond acceptors (Lipinski definition) is 3. The molecule has 0 N–H and O–H groups in total. The lowest BCUT2D eigenvalue weighted by atomic mass is 10.1. The molecule has 0 aliphatic heterocycles. The lowest BCUT2D eigenvalue weighted by molar-refractivity contribution is -0.276. The van der Waals surface area contributed by atoms with Crippen LogP contribution in [0.15, 0.2) is 6.07 Å². The van der Waals surface area contributed by atoms with Gasteiger partial charge in [-0.25, -0.2) is 13.8 Å². The van der Waals surface area contributed by atoms with Gasteiger partial charge in [-0.15, -0.1) is 13.2 Å². The molecule has 0 aromatic carbocycles. The average molecular weight is 287 g/mol. The van der Waals surface area contributed by atoms with E-state index in [9.17, 15) is 22.0 Å². The Kier molecular flexibility index (Phi) is 4.29. The maximum Gasteiger partial charge on any atom is 0.574 e. The molecule has 1 aromatic rings. The molecule has 18 heavy (non-hydrogen) atoms. The van der Waals surface area contributed by atoms with Crippen molar-refractivity contribution in [1.82, 2.24) is 4.98 Å². The van der Waals surface area contributed by atoms with Crippen LogP contribution < -0.4 is 4.74 Å². The van der Waals surface area contributed by atoms with Crippen molar-refractivity contribution in [3.8, 4) is 11.9 Å². The highest BCUT2D eigenvalue weighted by atomic mass is 35.5. The van der Waals surface area contributed by atoms with Crippen LogP contribution in [0.4, 0.5) is 22.0 Å². The lowest BCUT2D eigenvalue weighted by Gasteiger charge is -2.13. The van der Waals surface area contributed by atoms with E-state index in [-0.39, 0.29) is 12.0 Å². The summed E-state index contributed by atoms with van der Waals surface area (Å²) in [5, 5.41) is 7.91. The molecule has 0 aliphatic carbocycles. The number of hydrogen-bond donors (Lipinski definition) is 0. The van der Waals surface area contributed by atoms with Crippen LogP contribution in [0.5, 0.6) is 5.88 Å². The average Bonchev–Trinajstić information content (AvgIpc) is 2.19. The van der Waals surface area contributed by atoms with Gasteiger partial charge in [-0.3, -0.25) is 0 Å². The predicted molar refractivity (Wildman–Crippen MR) is 50.2 cm³/mol. The van der Waals surface area contributed by atoms with E-state index in [2.05, 4.69) is 9.72 Å². The minimum Gasteiger partial charge on any atom is -0.387 e. The summed E-state index contributed by atoms with van der Waals surface area (Å²) < 4.78 is 64.3. The molecule has 0 atom stereocenters. The fourth-order valence-electron chi connectivity index (χ4n) is 1.09. The second-order valence-corrected chi connectivity index (χ2v) is 3.37. The zero-order chi connectivity index (χ0) is 13.9. The molecule has 0 amide bonds. The first kappa shape index (κ1) is 14.4. The van der Waals surface area contributed by atoms with Gasteiger partial charge in [0.05, 0.1) is 18.1 Å². The van der Waals surface area contributed by atoms with Crippen molar-refractivity contribution in [3.63, 3.8) is 0 Å². The number of rotatable bonds is 3.